The van der Waals surface area contributed by atoms with Gasteiger partial charge in [-0.05, 0) is 19.1 Å². The molecule has 0 aromatic heterocycles. The van der Waals surface area contributed by atoms with Crippen LogP contribution in [0.1, 0.15) is 24.1 Å². The number of nitrogens with two attached hydrogens (primary N) is 1. The molecule has 0 radical (unpaired) electrons. The Morgan fingerprint density at radius 2 is 1.95 bits per heavy atom. The van der Waals surface area contributed by atoms with Gasteiger partial charge in [0.05, 0.1) is 7.11 Å². The number of methoxy groups -OCH3 is 1. The van der Waals surface area contributed by atoms with Crippen LogP contribution in [0.2, 0.25) is 0 Å². The zero-order chi connectivity index (χ0) is 15.4. The summed E-state index contributed by atoms with van der Waals surface area (Å²) in [5.74, 6) is -0.449. The number of ether oxygens (including phenoxy) is 2. The Morgan fingerprint density at radius 3 is 2.57 bits per heavy atom. The zero-order valence-electron chi connectivity index (χ0n) is 11.9. The van der Waals surface area contributed by atoms with Crippen LogP contribution in [-0.2, 0) is 6.61 Å². The number of halogens is 2. The fourth-order valence-electron chi connectivity index (χ4n) is 1.95. The highest BCUT2D eigenvalue weighted by molar-refractivity contribution is 5.33. The summed E-state index contributed by atoms with van der Waals surface area (Å²) in [5.41, 5.74) is 6.39. The standard InChI is InChI=1S/C16H17F2NO2/c1-10(19)13-7-6-12(8-14(13)17)21-9-11-4-3-5-15(20-2)16(11)18/h3-8,10H,9,19H2,1-2H3/t10-/m1/s1. The second kappa shape index (κ2) is 6.54. The fourth-order valence-corrected chi connectivity index (χ4v) is 1.95. The summed E-state index contributed by atoms with van der Waals surface area (Å²) in [6.45, 7) is 1.69. The van der Waals surface area contributed by atoms with E-state index in [1.807, 2.05) is 0 Å². The molecule has 0 heterocycles. The summed E-state index contributed by atoms with van der Waals surface area (Å²) in [7, 11) is 1.39. The van der Waals surface area contributed by atoms with Crippen molar-refractivity contribution >= 4 is 0 Å². The monoisotopic (exact) mass is 293 g/mol. The van der Waals surface area contributed by atoms with E-state index in [2.05, 4.69) is 0 Å². The highest BCUT2D eigenvalue weighted by Crippen LogP contribution is 2.24. The molecule has 2 N–H and O–H groups in total. The van der Waals surface area contributed by atoms with Crippen molar-refractivity contribution in [1.82, 2.24) is 0 Å². The zero-order valence-corrected chi connectivity index (χ0v) is 11.9. The van der Waals surface area contributed by atoms with Crippen LogP contribution < -0.4 is 15.2 Å². The van der Waals surface area contributed by atoms with Crippen molar-refractivity contribution in [1.29, 1.82) is 0 Å². The van der Waals surface area contributed by atoms with Gasteiger partial charge in [0.1, 0.15) is 18.2 Å². The molecule has 2 rings (SSSR count). The quantitative estimate of drug-likeness (QED) is 0.916. The molecule has 0 bridgehead atoms. The second-order valence-electron chi connectivity index (χ2n) is 4.69. The Hall–Kier alpha value is -2.14. The summed E-state index contributed by atoms with van der Waals surface area (Å²) >= 11 is 0. The normalized spacial score (nSPS) is 12.0. The van der Waals surface area contributed by atoms with E-state index >= 15 is 0 Å². The molecule has 0 saturated heterocycles. The molecule has 0 aliphatic carbocycles. The summed E-state index contributed by atoms with van der Waals surface area (Å²) in [4.78, 5) is 0. The number of rotatable bonds is 5. The van der Waals surface area contributed by atoms with Crippen molar-refractivity contribution in [2.75, 3.05) is 7.11 Å². The van der Waals surface area contributed by atoms with Crippen molar-refractivity contribution in [2.45, 2.75) is 19.6 Å². The lowest BCUT2D eigenvalue weighted by molar-refractivity contribution is 0.294. The second-order valence-corrected chi connectivity index (χ2v) is 4.69. The lowest BCUT2D eigenvalue weighted by Crippen LogP contribution is -2.07. The Bertz CT molecular complexity index is 630. The molecule has 3 nitrogen and oxygen atoms in total. The van der Waals surface area contributed by atoms with Gasteiger partial charge in [0.25, 0.3) is 0 Å². The lowest BCUT2D eigenvalue weighted by atomic mass is 10.1. The number of hydrogen-bond donors (Lipinski definition) is 1. The van der Waals surface area contributed by atoms with Crippen LogP contribution in [0.4, 0.5) is 8.78 Å². The molecular formula is C16H17F2NO2. The molecule has 0 amide bonds. The van der Waals surface area contributed by atoms with Crippen LogP contribution in [-0.4, -0.2) is 7.11 Å². The topological polar surface area (TPSA) is 44.5 Å². The molecule has 1 atom stereocenters. The molecule has 0 aliphatic rings. The van der Waals surface area contributed by atoms with E-state index in [9.17, 15) is 8.78 Å². The van der Waals surface area contributed by atoms with Gasteiger partial charge in [-0.3, -0.25) is 0 Å². The molecule has 5 heteroatoms. The van der Waals surface area contributed by atoms with Crippen LogP contribution in [0.3, 0.4) is 0 Å². The minimum absolute atomic E-state index is 0.0139. The smallest absolute Gasteiger partial charge is 0.171 e. The van der Waals surface area contributed by atoms with Crippen LogP contribution in [0, 0.1) is 11.6 Å². The Kier molecular flexibility index (Phi) is 4.75. The Balaban J connectivity index is 2.12. The summed E-state index contributed by atoms with van der Waals surface area (Å²) < 4.78 is 38.0. The first-order valence-corrected chi connectivity index (χ1v) is 6.52. The van der Waals surface area contributed by atoms with E-state index in [4.69, 9.17) is 15.2 Å². The van der Waals surface area contributed by atoms with Gasteiger partial charge in [0.2, 0.25) is 0 Å². The van der Waals surface area contributed by atoms with Crippen molar-refractivity contribution < 1.29 is 18.3 Å². The molecule has 21 heavy (non-hydrogen) atoms. The van der Waals surface area contributed by atoms with E-state index in [-0.39, 0.29) is 12.4 Å². The molecule has 0 unspecified atom stereocenters. The van der Waals surface area contributed by atoms with Gasteiger partial charge in [0, 0.05) is 23.2 Å². The Labute approximate surface area is 122 Å². The molecular weight excluding hydrogens is 276 g/mol. The maximum Gasteiger partial charge on any atom is 0.171 e. The first-order chi connectivity index (χ1) is 10.0. The van der Waals surface area contributed by atoms with Crippen molar-refractivity contribution in [3.05, 3.63) is 59.2 Å². The van der Waals surface area contributed by atoms with E-state index in [1.54, 1.807) is 31.2 Å². The van der Waals surface area contributed by atoms with Crippen LogP contribution in [0.25, 0.3) is 0 Å². The van der Waals surface area contributed by atoms with Crippen LogP contribution >= 0.6 is 0 Å². The summed E-state index contributed by atoms with van der Waals surface area (Å²) in [5, 5.41) is 0. The number of benzene rings is 2. The van der Waals surface area contributed by atoms with Gasteiger partial charge < -0.3 is 15.2 Å². The predicted molar refractivity (Wildman–Crippen MR) is 76.3 cm³/mol. The van der Waals surface area contributed by atoms with Crippen LogP contribution in [0.5, 0.6) is 11.5 Å². The average molecular weight is 293 g/mol. The van der Waals surface area contributed by atoms with Crippen molar-refractivity contribution in [2.24, 2.45) is 5.73 Å². The van der Waals surface area contributed by atoms with E-state index in [0.717, 1.165) is 0 Å². The molecule has 2 aromatic rings. The van der Waals surface area contributed by atoms with E-state index < -0.39 is 17.7 Å². The van der Waals surface area contributed by atoms with Gasteiger partial charge in [-0.1, -0.05) is 18.2 Å². The highest BCUT2D eigenvalue weighted by atomic mass is 19.1. The van der Waals surface area contributed by atoms with Gasteiger partial charge in [-0.2, -0.15) is 0 Å². The first-order valence-electron chi connectivity index (χ1n) is 6.52. The predicted octanol–water partition coefficient (Wildman–Crippen LogP) is 3.57. The molecule has 2 aromatic carbocycles. The number of hydrogen-bond acceptors (Lipinski definition) is 3. The van der Waals surface area contributed by atoms with Crippen molar-refractivity contribution in [3.63, 3.8) is 0 Å². The summed E-state index contributed by atoms with van der Waals surface area (Å²) in [6, 6.07) is 8.81. The summed E-state index contributed by atoms with van der Waals surface area (Å²) in [6.07, 6.45) is 0. The van der Waals surface area contributed by atoms with Gasteiger partial charge in [-0.25, -0.2) is 8.78 Å². The largest absolute Gasteiger partial charge is 0.494 e. The van der Waals surface area contributed by atoms with E-state index in [0.29, 0.717) is 16.9 Å². The molecule has 0 fully saturated rings. The molecule has 0 aliphatic heterocycles. The first kappa shape index (κ1) is 15.3. The lowest BCUT2D eigenvalue weighted by Gasteiger charge is -2.11. The third kappa shape index (κ3) is 3.49. The van der Waals surface area contributed by atoms with Gasteiger partial charge in [-0.15, -0.1) is 0 Å². The molecule has 0 spiro atoms. The fraction of sp³-hybridized carbons (Fsp3) is 0.250. The third-order valence-corrected chi connectivity index (χ3v) is 3.12. The maximum atomic E-state index is 13.9. The maximum absolute atomic E-state index is 13.9. The van der Waals surface area contributed by atoms with Gasteiger partial charge >= 0.3 is 0 Å². The third-order valence-electron chi connectivity index (χ3n) is 3.12. The highest BCUT2D eigenvalue weighted by Gasteiger charge is 2.11. The SMILES string of the molecule is COc1cccc(COc2ccc([C@@H](C)N)c(F)c2)c1F. The molecule has 0 saturated carbocycles. The van der Waals surface area contributed by atoms with E-state index in [1.165, 1.54) is 19.2 Å². The minimum Gasteiger partial charge on any atom is -0.494 e. The Morgan fingerprint density at radius 1 is 1.19 bits per heavy atom. The molecule has 112 valence electrons. The van der Waals surface area contributed by atoms with Gasteiger partial charge in [0.15, 0.2) is 11.6 Å². The average Bonchev–Trinajstić information content (AvgIpc) is 2.46. The van der Waals surface area contributed by atoms with Crippen LogP contribution in [0.15, 0.2) is 36.4 Å². The minimum atomic E-state index is -0.479. The van der Waals surface area contributed by atoms with Crippen molar-refractivity contribution in [3.8, 4) is 11.5 Å².